The van der Waals surface area contributed by atoms with E-state index in [0.717, 1.165) is 10.6 Å². The van der Waals surface area contributed by atoms with E-state index < -0.39 is 52.9 Å². The number of carbonyl (C=O) groups is 5. The molecule has 0 radical (unpaired) electrons. The number of aromatic nitrogens is 4. The van der Waals surface area contributed by atoms with Crippen molar-refractivity contribution in [3.8, 4) is 0 Å². The minimum atomic E-state index is -1.49. The number of nitrogens with two attached hydrogens (primary N) is 2. The van der Waals surface area contributed by atoms with Gasteiger partial charge in [0.2, 0.25) is 11.7 Å². The Morgan fingerprint density at radius 1 is 1.09 bits per heavy atom. The predicted molar refractivity (Wildman–Crippen MR) is 103 cm³/mol. The zero-order chi connectivity index (χ0) is 23.6. The molecule has 0 aliphatic carbocycles. The predicted octanol–water partition coefficient (Wildman–Crippen LogP) is -1.34. The Bertz CT molecular complexity index is 1270. The molecule has 0 unspecified atom stereocenters. The van der Waals surface area contributed by atoms with Crippen LogP contribution in [0.5, 0.6) is 0 Å². The minimum Gasteiger partial charge on any atom is -0.477 e. The van der Waals surface area contributed by atoms with E-state index in [1.54, 1.807) is 0 Å². The first kappa shape index (κ1) is 21.8. The third kappa shape index (κ3) is 4.18. The van der Waals surface area contributed by atoms with Crippen LogP contribution >= 0.6 is 0 Å². The van der Waals surface area contributed by atoms with Crippen molar-refractivity contribution >= 4 is 35.4 Å². The fourth-order valence-corrected chi connectivity index (χ4v) is 2.69. The van der Waals surface area contributed by atoms with Gasteiger partial charge in [0.25, 0.3) is 17.6 Å². The second kappa shape index (κ2) is 8.47. The van der Waals surface area contributed by atoms with Gasteiger partial charge in [-0.1, -0.05) is 12.1 Å². The maximum Gasteiger partial charge on any atom is 0.354 e. The average Bonchev–Trinajstić information content (AvgIpc) is 3.20. The number of ether oxygens (including phenoxy) is 1. The van der Waals surface area contributed by atoms with Gasteiger partial charge >= 0.3 is 11.9 Å². The molecule has 3 aromatic rings. The molecule has 3 amide bonds. The Kier molecular flexibility index (Phi) is 5.77. The summed E-state index contributed by atoms with van der Waals surface area (Å²) in [6.07, 6.45) is 0. The van der Waals surface area contributed by atoms with E-state index in [-0.39, 0.29) is 16.9 Å². The molecule has 0 saturated carbocycles. The molecule has 3 rings (SSSR count). The number of carboxylic acids is 1. The highest BCUT2D eigenvalue weighted by molar-refractivity contribution is 5.99. The number of rotatable bonds is 7. The second-order valence-corrected chi connectivity index (χ2v) is 6.27. The molecule has 0 saturated heterocycles. The van der Waals surface area contributed by atoms with Crippen molar-refractivity contribution in [3.05, 3.63) is 58.7 Å². The summed E-state index contributed by atoms with van der Waals surface area (Å²) in [6.45, 7) is 0. The Balaban J connectivity index is 1.96. The van der Waals surface area contributed by atoms with Crippen molar-refractivity contribution in [1.82, 2.24) is 24.9 Å². The number of aromatic carboxylic acids is 1. The highest BCUT2D eigenvalue weighted by Crippen LogP contribution is 2.16. The highest BCUT2D eigenvalue weighted by Gasteiger charge is 2.25. The lowest BCUT2D eigenvalue weighted by molar-refractivity contribution is -0.120. The molecule has 2 heterocycles. The number of esters is 1. The number of primary amides is 2. The van der Waals surface area contributed by atoms with Gasteiger partial charge in [-0.25, -0.2) is 14.6 Å². The maximum atomic E-state index is 12.7. The van der Waals surface area contributed by atoms with Crippen LogP contribution in [-0.2, 0) is 9.53 Å². The lowest BCUT2D eigenvalue weighted by Crippen LogP contribution is -2.38. The Hall–Kier alpha value is -4.88. The van der Waals surface area contributed by atoms with E-state index in [4.69, 9.17) is 11.5 Å². The van der Waals surface area contributed by atoms with Crippen molar-refractivity contribution in [1.29, 1.82) is 0 Å². The maximum absolute atomic E-state index is 12.7. The van der Waals surface area contributed by atoms with E-state index in [9.17, 15) is 29.1 Å². The summed E-state index contributed by atoms with van der Waals surface area (Å²) in [6, 6.07) is 5.06. The van der Waals surface area contributed by atoms with E-state index >= 15 is 0 Å². The van der Waals surface area contributed by atoms with Gasteiger partial charge in [-0.15, -0.1) is 5.10 Å². The van der Waals surface area contributed by atoms with Gasteiger partial charge < -0.3 is 26.6 Å². The summed E-state index contributed by atoms with van der Waals surface area (Å²) in [5, 5.41) is 15.4. The van der Waals surface area contributed by atoms with E-state index in [1.165, 1.54) is 31.4 Å². The summed E-state index contributed by atoms with van der Waals surface area (Å²) >= 11 is 0. The number of hydrogen-bond acceptors (Lipinski definition) is 9. The highest BCUT2D eigenvalue weighted by atomic mass is 16.5. The lowest BCUT2D eigenvalue weighted by atomic mass is 10.0. The number of nitrogens with one attached hydrogen (secondary N) is 1. The van der Waals surface area contributed by atoms with E-state index in [0.29, 0.717) is 0 Å². The molecule has 0 fully saturated rings. The van der Waals surface area contributed by atoms with Crippen LogP contribution < -0.4 is 16.8 Å². The summed E-state index contributed by atoms with van der Waals surface area (Å²) in [7, 11) is 1.21. The number of carboxylic acid groups (broad SMARTS) is 1. The van der Waals surface area contributed by atoms with Crippen molar-refractivity contribution in [2.45, 2.75) is 6.04 Å². The number of hydrogen-bond donors (Lipinski definition) is 4. The standard InChI is InChI=1S/C18H15N7O7/c1-32-17(31)8-4-2-7(3-5-8)11(12(19)26)22-15(28)9-6-10(16(29)30)25-18(21-9)23-14(24-25)13(20)27/h2-6,11H,1H3,(H2,19,26)(H2,20,27)(H,22,28)(H,29,30)/t11-/m1/s1. The Morgan fingerprint density at radius 3 is 2.28 bits per heavy atom. The summed E-state index contributed by atoms with van der Waals surface area (Å²) in [5.41, 5.74) is 9.97. The molecule has 14 nitrogen and oxygen atoms in total. The second-order valence-electron chi connectivity index (χ2n) is 6.27. The number of carbonyl (C=O) groups excluding carboxylic acids is 4. The molecule has 1 atom stereocenters. The lowest BCUT2D eigenvalue weighted by Gasteiger charge is -2.16. The molecule has 0 aliphatic heterocycles. The van der Waals surface area contributed by atoms with E-state index in [2.05, 4.69) is 25.1 Å². The average molecular weight is 441 g/mol. The molecular weight excluding hydrogens is 426 g/mol. The topological polar surface area (TPSA) is 222 Å². The zero-order valence-electron chi connectivity index (χ0n) is 16.3. The van der Waals surface area contributed by atoms with E-state index in [1.807, 2.05) is 0 Å². The molecule has 6 N–H and O–H groups in total. The SMILES string of the molecule is COC(=O)c1ccc([C@@H](NC(=O)c2cc(C(=O)O)n3nc(C(N)=O)nc3n2)C(N)=O)cc1. The largest absolute Gasteiger partial charge is 0.477 e. The Morgan fingerprint density at radius 2 is 1.75 bits per heavy atom. The zero-order valence-corrected chi connectivity index (χ0v) is 16.3. The minimum absolute atomic E-state index is 0.209. The summed E-state index contributed by atoms with van der Waals surface area (Å²) < 4.78 is 5.32. The van der Waals surface area contributed by atoms with Crippen LogP contribution in [0.1, 0.15) is 53.6 Å². The molecule has 0 bridgehead atoms. The van der Waals surface area contributed by atoms with Crippen molar-refractivity contribution in [2.24, 2.45) is 11.5 Å². The van der Waals surface area contributed by atoms with Crippen molar-refractivity contribution in [3.63, 3.8) is 0 Å². The van der Waals surface area contributed by atoms with Crippen molar-refractivity contribution < 1.29 is 33.8 Å². The molecule has 0 aliphatic rings. The molecule has 2 aromatic heterocycles. The fraction of sp³-hybridized carbons (Fsp3) is 0.111. The van der Waals surface area contributed by atoms with Gasteiger partial charge in [0.05, 0.1) is 12.7 Å². The smallest absolute Gasteiger partial charge is 0.354 e. The first-order valence-corrected chi connectivity index (χ1v) is 8.71. The van der Waals surface area contributed by atoms with Crippen LogP contribution in [0.4, 0.5) is 0 Å². The van der Waals surface area contributed by atoms with Gasteiger partial charge in [0.15, 0.2) is 5.69 Å². The molecule has 164 valence electrons. The van der Waals surface area contributed by atoms with Gasteiger partial charge in [-0.2, -0.15) is 9.50 Å². The van der Waals surface area contributed by atoms with Crippen LogP contribution in [0.2, 0.25) is 0 Å². The molecule has 14 heteroatoms. The first-order valence-electron chi connectivity index (χ1n) is 8.71. The van der Waals surface area contributed by atoms with Gasteiger partial charge in [-0.05, 0) is 17.7 Å². The number of benzene rings is 1. The first-order chi connectivity index (χ1) is 15.1. The van der Waals surface area contributed by atoms with Crippen LogP contribution in [0, 0.1) is 0 Å². The Labute approximate surface area is 178 Å². The summed E-state index contributed by atoms with van der Waals surface area (Å²) in [4.78, 5) is 66.6. The van der Waals surface area contributed by atoms with Crippen LogP contribution in [0.3, 0.4) is 0 Å². The quantitative estimate of drug-likeness (QED) is 0.316. The van der Waals surface area contributed by atoms with Gasteiger partial charge in [-0.3, -0.25) is 14.4 Å². The van der Waals surface area contributed by atoms with Gasteiger partial charge in [0.1, 0.15) is 11.7 Å². The van der Waals surface area contributed by atoms with Crippen LogP contribution in [0.25, 0.3) is 5.78 Å². The summed E-state index contributed by atoms with van der Waals surface area (Å²) in [5.74, 6) is -5.88. The third-order valence-corrected chi connectivity index (χ3v) is 4.21. The number of amides is 3. The normalized spacial score (nSPS) is 11.5. The number of nitrogens with zero attached hydrogens (tertiary/aromatic N) is 4. The molecule has 32 heavy (non-hydrogen) atoms. The van der Waals surface area contributed by atoms with Crippen LogP contribution in [-0.4, -0.2) is 61.5 Å². The number of fused-ring (bicyclic) bond motifs is 1. The molecular formula is C18H15N7O7. The number of methoxy groups -OCH3 is 1. The monoisotopic (exact) mass is 441 g/mol. The van der Waals surface area contributed by atoms with Crippen LogP contribution in [0.15, 0.2) is 30.3 Å². The molecule has 0 spiro atoms. The van der Waals surface area contributed by atoms with Gasteiger partial charge in [0, 0.05) is 6.07 Å². The fourth-order valence-electron chi connectivity index (χ4n) is 2.69. The third-order valence-electron chi connectivity index (χ3n) is 4.21. The van der Waals surface area contributed by atoms with Crippen molar-refractivity contribution in [2.75, 3.05) is 7.11 Å². The molecule has 1 aromatic carbocycles.